The Morgan fingerprint density at radius 1 is 0.808 bits per heavy atom. The van der Waals surface area contributed by atoms with E-state index in [2.05, 4.69) is 15.9 Å². The third kappa shape index (κ3) is 9.12. The summed E-state index contributed by atoms with van der Waals surface area (Å²) in [4.78, 5) is 20.4. The molecule has 7 nitrogen and oxygen atoms in total. The van der Waals surface area contributed by atoms with Crippen LogP contribution < -0.4 is 4.74 Å². The minimum Gasteiger partial charge on any atom is -0.487 e. The van der Waals surface area contributed by atoms with Crippen molar-refractivity contribution in [2.75, 3.05) is 11.9 Å². The number of unbranched alkanes of at least 4 members (excludes halogenated alkanes) is 9. The molecule has 1 aromatic carbocycles. The Hall–Kier alpha value is -1.70. The number of hydrogen-bond acceptors (Lipinski definition) is 5. The molecule has 26 heavy (non-hydrogen) atoms. The number of ether oxygens (including phenoxy) is 1. The molecule has 0 amide bonds. The maximum absolute atomic E-state index is 11.0. The molecule has 8 heteroatoms. The van der Waals surface area contributed by atoms with Crippen molar-refractivity contribution < 1.29 is 14.6 Å². The molecule has 0 saturated heterocycles. The molecule has 0 fully saturated rings. The Bertz CT molecular complexity index is 569. The van der Waals surface area contributed by atoms with Crippen LogP contribution in [0.25, 0.3) is 0 Å². The standard InChI is InChI=1S/C18H27BrN2O5/c19-13-9-7-5-3-1-2-4-6-8-10-14-26-18-12-11-16(20(22)23)15-17(18)21(24)25/h11-12,15H,1-10,13-14H2. The molecule has 0 aliphatic rings. The molecular weight excluding hydrogens is 404 g/mol. The summed E-state index contributed by atoms with van der Waals surface area (Å²) < 4.78 is 5.45. The third-order valence-corrected chi connectivity index (χ3v) is 4.70. The largest absolute Gasteiger partial charge is 0.487 e. The van der Waals surface area contributed by atoms with Crippen molar-refractivity contribution in [1.29, 1.82) is 0 Å². The van der Waals surface area contributed by atoms with E-state index in [1.54, 1.807) is 0 Å². The maximum atomic E-state index is 11.0. The number of benzene rings is 1. The predicted molar refractivity (Wildman–Crippen MR) is 105 cm³/mol. The fraction of sp³-hybridized carbons (Fsp3) is 0.667. The quantitative estimate of drug-likeness (QED) is 0.143. The number of rotatable bonds is 15. The van der Waals surface area contributed by atoms with Crippen molar-refractivity contribution in [2.45, 2.75) is 64.2 Å². The summed E-state index contributed by atoms with van der Waals surface area (Å²) in [5.74, 6) is 0.0871. The number of alkyl halides is 1. The molecule has 0 radical (unpaired) electrons. The van der Waals surface area contributed by atoms with E-state index in [-0.39, 0.29) is 17.1 Å². The van der Waals surface area contributed by atoms with E-state index in [1.165, 1.54) is 57.1 Å². The molecule has 0 unspecified atom stereocenters. The summed E-state index contributed by atoms with van der Waals surface area (Å²) in [6.07, 6.45) is 11.9. The van der Waals surface area contributed by atoms with Crippen molar-refractivity contribution >= 4 is 27.3 Å². The zero-order valence-corrected chi connectivity index (χ0v) is 16.6. The number of halogens is 1. The van der Waals surface area contributed by atoms with Crippen LogP contribution in [0.4, 0.5) is 11.4 Å². The van der Waals surface area contributed by atoms with Crippen LogP contribution in [0.1, 0.15) is 64.2 Å². The molecule has 0 aliphatic heterocycles. The lowest BCUT2D eigenvalue weighted by molar-refractivity contribution is -0.394. The average Bonchev–Trinajstić information content (AvgIpc) is 2.62. The molecule has 1 rings (SSSR count). The maximum Gasteiger partial charge on any atom is 0.317 e. The second-order valence-electron chi connectivity index (χ2n) is 6.24. The molecule has 146 valence electrons. The fourth-order valence-corrected chi connectivity index (χ4v) is 3.07. The zero-order valence-electron chi connectivity index (χ0n) is 15.0. The lowest BCUT2D eigenvalue weighted by Gasteiger charge is -2.07. The van der Waals surface area contributed by atoms with Crippen LogP contribution in [0.5, 0.6) is 5.75 Å². The Balaban J connectivity index is 2.16. The van der Waals surface area contributed by atoms with Crippen molar-refractivity contribution in [3.05, 3.63) is 38.4 Å². The summed E-state index contributed by atoms with van der Waals surface area (Å²) >= 11 is 3.44. The van der Waals surface area contributed by atoms with Gasteiger partial charge in [-0.1, -0.05) is 67.3 Å². The highest BCUT2D eigenvalue weighted by Gasteiger charge is 2.20. The second-order valence-corrected chi connectivity index (χ2v) is 7.03. The molecule has 0 bridgehead atoms. The van der Waals surface area contributed by atoms with Crippen molar-refractivity contribution in [1.82, 2.24) is 0 Å². The second kappa shape index (κ2) is 13.5. The highest BCUT2D eigenvalue weighted by molar-refractivity contribution is 9.09. The van der Waals surface area contributed by atoms with Crippen molar-refractivity contribution in [3.63, 3.8) is 0 Å². The van der Waals surface area contributed by atoms with E-state index in [1.807, 2.05) is 0 Å². The highest BCUT2D eigenvalue weighted by atomic mass is 79.9. The summed E-state index contributed by atoms with van der Waals surface area (Å²) in [5, 5.41) is 22.8. The Morgan fingerprint density at radius 2 is 1.35 bits per heavy atom. The summed E-state index contributed by atoms with van der Waals surface area (Å²) in [7, 11) is 0. The average molecular weight is 431 g/mol. The topological polar surface area (TPSA) is 95.5 Å². The van der Waals surface area contributed by atoms with Gasteiger partial charge in [0.15, 0.2) is 5.75 Å². The van der Waals surface area contributed by atoms with Crippen LogP contribution in [0.3, 0.4) is 0 Å². The van der Waals surface area contributed by atoms with Gasteiger partial charge in [0, 0.05) is 11.4 Å². The van der Waals surface area contributed by atoms with Gasteiger partial charge in [-0.2, -0.15) is 0 Å². The zero-order chi connectivity index (χ0) is 19.2. The van der Waals surface area contributed by atoms with Gasteiger partial charge in [-0.15, -0.1) is 0 Å². The van der Waals surface area contributed by atoms with Gasteiger partial charge in [-0.25, -0.2) is 0 Å². The van der Waals surface area contributed by atoms with Crippen LogP contribution in [-0.2, 0) is 0 Å². The molecule has 0 N–H and O–H groups in total. The van der Waals surface area contributed by atoms with E-state index in [0.717, 1.165) is 30.7 Å². The smallest absolute Gasteiger partial charge is 0.317 e. The summed E-state index contributed by atoms with van der Waals surface area (Å²) in [6.45, 7) is 0.380. The third-order valence-electron chi connectivity index (χ3n) is 4.14. The number of non-ortho nitro benzene ring substituents is 1. The lowest BCUT2D eigenvalue weighted by atomic mass is 10.1. The Labute approximate surface area is 162 Å². The van der Waals surface area contributed by atoms with E-state index in [4.69, 9.17) is 4.74 Å². The van der Waals surface area contributed by atoms with Crippen LogP contribution in [-0.4, -0.2) is 21.8 Å². The van der Waals surface area contributed by atoms with Gasteiger partial charge in [-0.05, 0) is 18.9 Å². The molecular formula is C18H27BrN2O5. The molecule has 0 aromatic heterocycles. The number of nitro benzene ring substituents is 2. The van der Waals surface area contributed by atoms with Gasteiger partial charge in [0.1, 0.15) is 0 Å². The van der Waals surface area contributed by atoms with Gasteiger partial charge < -0.3 is 4.74 Å². The summed E-state index contributed by atoms with van der Waals surface area (Å²) in [6, 6.07) is 3.46. The highest BCUT2D eigenvalue weighted by Crippen LogP contribution is 2.31. The van der Waals surface area contributed by atoms with Crippen LogP contribution >= 0.6 is 15.9 Å². The normalized spacial score (nSPS) is 10.7. The SMILES string of the molecule is O=[N+]([O-])c1ccc(OCCCCCCCCCCCCBr)c([N+](=O)[O-])c1. The molecule has 1 aromatic rings. The van der Waals surface area contributed by atoms with Crippen LogP contribution in [0, 0.1) is 20.2 Å². The van der Waals surface area contributed by atoms with Crippen molar-refractivity contribution in [3.8, 4) is 5.75 Å². The first-order valence-electron chi connectivity index (χ1n) is 9.18. The molecule has 0 atom stereocenters. The van der Waals surface area contributed by atoms with Gasteiger partial charge >= 0.3 is 5.69 Å². The van der Waals surface area contributed by atoms with Gasteiger partial charge in [0.2, 0.25) is 0 Å². The first kappa shape index (κ1) is 22.3. The monoisotopic (exact) mass is 430 g/mol. The van der Waals surface area contributed by atoms with Gasteiger partial charge in [0.25, 0.3) is 5.69 Å². The Morgan fingerprint density at radius 3 is 1.85 bits per heavy atom. The Kier molecular flexibility index (Phi) is 11.6. The minimum absolute atomic E-state index is 0.0871. The molecule has 0 aliphatic carbocycles. The lowest BCUT2D eigenvalue weighted by Crippen LogP contribution is -2.01. The number of nitrogens with zero attached hydrogens (tertiary/aromatic N) is 2. The number of hydrogen-bond donors (Lipinski definition) is 0. The first-order valence-corrected chi connectivity index (χ1v) is 10.3. The molecule has 0 spiro atoms. The van der Waals surface area contributed by atoms with Gasteiger partial charge in [0.05, 0.1) is 22.5 Å². The minimum atomic E-state index is -0.654. The first-order chi connectivity index (χ1) is 12.6. The van der Waals surface area contributed by atoms with E-state index in [0.29, 0.717) is 6.61 Å². The van der Waals surface area contributed by atoms with Crippen LogP contribution in [0.15, 0.2) is 18.2 Å². The fourth-order valence-electron chi connectivity index (χ4n) is 2.68. The molecule has 0 heterocycles. The van der Waals surface area contributed by atoms with E-state index < -0.39 is 9.85 Å². The summed E-state index contributed by atoms with van der Waals surface area (Å²) in [5.41, 5.74) is -0.671. The predicted octanol–water partition coefficient (Wildman–Crippen LogP) is 6.18. The van der Waals surface area contributed by atoms with Crippen LogP contribution in [0.2, 0.25) is 0 Å². The molecule has 0 saturated carbocycles. The number of nitro groups is 2. The van der Waals surface area contributed by atoms with E-state index >= 15 is 0 Å². The van der Waals surface area contributed by atoms with E-state index in [9.17, 15) is 20.2 Å². The van der Waals surface area contributed by atoms with Crippen molar-refractivity contribution in [2.24, 2.45) is 0 Å². The van der Waals surface area contributed by atoms with Gasteiger partial charge in [-0.3, -0.25) is 20.2 Å².